The molecule has 0 saturated carbocycles. The van der Waals surface area contributed by atoms with Crippen LogP contribution >= 0.6 is 0 Å². The van der Waals surface area contributed by atoms with E-state index in [-0.39, 0.29) is 6.10 Å². The number of nitrogens with zero attached hydrogens (tertiary/aromatic N) is 1. The normalized spacial score (nSPS) is 30.5. The van der Waals surface area contributed by atoms with Crippen molar-refractivity contribution in [3.05, 3.63) is 0 Å². The highest BCUT2D eigenvalue weighted by Crippen LogP contribution is 2.12. The lowest BCUT2D eigenvalue weighted by Gasteiger charge is -2.32. The number of β-amino-alcohol motifs (C(OH)–C–C–N with tert-alkyl or cyclic N) is 1. The van der Waals surface area contributed by atoms with Crippen LogP contribution < -0.4 is 5.32 Å². The van der Waals surface area contributed by atoms with E-state index in [4.69, 9.17) is 0 Å². The fourth-order valence-electron chi connectivity index (χ4n) is 1.97. The van der Waals surface area contributed by atoms with Crippen molar-refractivity contribution in [3.8, 4) is 0 Å². The van der Waals surface area contributed by atoms with Gasteiger partial charge in [0, 0.05) is 25.2 Å². The highest BCUT2D eigenvalue weighted by atomic mass is 16.3. The molecule has 0 aromatic heterocycles. The maximum absolute atomic E-state index is 9.64. The van der Waals surface area contributed by atoms with E-state index < -0.39 is 0 Å². The topological polar surface area (TPSA) is 35.5 Å². The Morgan fingerprint density at radius 2 is 2.17 bits per heavy atom. The van der Waals surface area contributed by atoms with Crippen LogP contribution in [-0.4, -0.2) is 47.8 Å². The summed E-state index contributed by atoms with van der Waals surface area (Å²) in [6.45, 7) is 9.18. The molecule has 0 radical (unpaired) electrons. The van der Waals surface area contributed by atoms with Crippen LogP contribution in [0.4, 0.5) is 0 Å². The van der Waals surface area contributed by atoms with Gasteiger partial charge in [-0.1, -0.05) is 6.92 Å². The summed E-state index contributed by atoms with van der Waals surface area (Å²) in [7, 11) is 0. The minimum atomic E-state index is -0.188. The van der Waals surface area contributed by atoms with Crippen LogP contribution in [0.15, 0.2) is 0 Å². The molecule has 3 nitrogen and oxygen atoms in total. The van der Waals surface area contributed by atoms with Crippen molar-refractivity contribution in [2.24, 2.45) is 0 Å². The average Bonchev–Trinajstić information content (AvgIpc) is 2.38. The Hall–Kier alpha value is -0.120. The number of likely N-dealkylation sites (N-methyl/N-ethyl adjacent to an activating group) is 1. The molecule has 1 heterocycles. The lowest BCUT2D eigenvalue weighted by atomic mass is 10.1. The zero-order valence-electron chi connectivity index (χ0n) is 8.25. The first kappa shape index (κ1) is 9.96. The first-order valence-corrected chi connectivity index (χ1v) is 4.81. The summed E-state index contributed by atoms with van der Waals surface area (Å²) in [6, 6.07) is 0.838. The molecule has 1 aliphatic heterocycles. The third kappa shape index (κ3) is 1.97. The molecule has 2 N–H and O–H groups in total. The second-order valence-electron chi connectivity index (χ2n) is 3.72. The summed E-state index contributed by atoms with van der Waals surface area (Å²) >= 11 is 0. The molecular weight excluding hydrogens is 152 g/mol. The largest absolute Gasteiger partial charge is 0.390 e. The minimum absolute atomic E-state index is 0.188. The summed E-state index contributed by atoms with van der Waals surface area (Å²) in [4.78, 5) is 2.34. The zero-order valence-corrected chi connectivity index (χ0v) is 8.25. The summed E-state index contributed by atoms with van der Waals surface area (Å²) in [5.74, 6) is 0. The maximum atomic E-state index is 9.64. The van der Waals surface area contributed by atoms with E-state index in [1.165, 1.54) is 0 Å². The molecule has 1 aliphatic rings. The second-order valence-corrected chi connectivity index (χ2v) is 3.72. The molecule has 0 aliphatic carbocycles. The standard InChI is InChI=1S/C9H20N2O/c1-4-11(7(2)3)8-5-10-6-9(8)12/h7-10,12H,4-6H2,1-3H3. The van der Waals surface area contributed by atoms with Crippen molar-refractivity contribution in [2.75, 3.05) is 19.6 Å². The molecule has 0 amide bonds. The molecule has 1 rings (SSSR count). The molecule has 12 heavy (non-hydrogen) atoms. The quantitative estimate of drug-likeness (QED) is 0.631. The number of aliphatic hydroxyl groups excluding tert-OH is 1. The Balaban J connectivity index is 2.52. The minimum Gasteiger partial charge on any atom is -0.390 e. The van der Waals surface area contributed by atoms with E-state index in [2.05, 4.69) is 31.0 Å². The van der Waals surface area contributed by atoms with Gasteiger partial charge in [0.2, 0.25) is 0 Å². The third-order valence-corrected chi connectivity index (χ3v) is 2.61. The molecule has 3 heteroatoms. The van der Waals surface area contributed by atoms with Crippen molar-refractivity contribution in [1.82, 2.24) is 10.2 Å². The molecule has 2 unspecified atom stereocenters. The van der Waals surface area contributed by atoms with Crippen LogP contribution in [0.5, 0.6) is 0 Å². The van der Waals surface area contributed by atoms with E-state index in [0.29, 0.717) is 12.1 Å². The fraction of sp³-hybridized carbons (Fsp3) is 1.00. The highest BCUT2D eigenvalue weighted by molar-refractivity contribution is 4.89. The van der Waals surface area contributed by atoms with Gasteiger partial charge >= 0.3 is 0 Å². The predicted octanol–water partition coefficient (Wildman–Crippen LogP) is 0.0494. The lowest BCUT2D eigenvalue weighted by Crippen LogP contribution is -2.46. The van der Waals surface area contributed by atoms with Crippen molar-refractivity contribution < 1.29 is 5.11 Å². The van der Waals surface area contributed by atoms with E-state index in [1.54, 1.807) is 0 Å². The van der Waals surface area contributed by atoms with Crippen LogP contribution in [0.3, 0.4) is 0 Å². The fourth-order valence-corrected chi connectivity index (χ4v) is 1.97. The van der Waals surface area contributed by atoms with Crippen LogP contribution in [0.1, 0.15) is 20.8 Å². The van der Waals surface area contributed by atoms with Crippen molar-refractivity contribution >= 4 is 0 Å². The molecule has 0 spiro atoms. The van der Waals surface area contributed by atoms with E-state index in [9.17, 15) is 5.11 Å². The van der Waals surface area contributed by atoms with E-state index in [0.717, 1.165) is 19.6 Å². The SMILES string of the molecule is CCN(C(C)C)C1CNCC1O. The highest BCUT2D eigenvalue weighted by Gasteiger charge is 2.30. The average molecular weight is 172 g/mol. The first-order valence-electron chi connectivity index (χ1n) is 4.81. The Labute approximate surface area is 74.8 Å². The van der Waals surface area contributed by atoms with Gasteiger partial charge in [-0.25, -0.2) is 0 Å². The lowest BCUT2D eigenvalue weighted by molar-refractivity contribution is 0.0672. The summed E-state index contributed by atoms with van der Waals surface area (Å²) in [5, 5.41) is 12.8. The summed E-state index contributed by atoms with van der Waals surface area (Å²) in [6.07, 6.45) is -0.188. The van der Waals surface area contributed by atoms with Crippen molar-refractivity contribution in [1.29, 1.82) is 0 Å². The second kappa shape index (κ2) is 4.21. The summed E-state index contributed by atoms with van der Waals surface area (Å²) in [5.41, 5.74) is 0. The van der Waals surface area contributed by atoms with Gasteiger partial charge in [0.05, 0.1) is 6.10 Å². The van der Waals surface area contributed by atoms with Gasteiger partial charge in [-0.3, -0.25) is 4.90 Å². The number of hydrogen-bond donors (Lipinski definition) is 2. The zero-order chi connectivity index (χ0) is 9.14. The monoisotopic (exact) mass is 172 g/mol. The summed E-state index contributed by atoms with van der Waals surface area (Å²) < 4.78 is 0. The number of aliphatic hydroxyl groups is 1. The van der Waals surface area contributed by atoms with Gasteiger partial charge < -0.3 is 10.4 Å². The molecule has 1 fully saturated rings. The Kier molecular flexibility index (Phi) is 3.50. The molecule has 72 valence electrons. The Morgan fingerprint density at radius 3 is 2.50 bits per heavy atom. The molecule has 1 saturated heterocycles. The maximum Gasteiger partial charge on any atom is 0.0831 e. The van der Waals surface area contributed by atoms with Gasteiger partial charge in [-0.15, -0.1) is 0 Å². The Morgan fingerprint density at radius 1 is 1.50 bits per heavy atom. The van der Waals surface area contributed by atoms with Crippen molar-refractivity contribution in [2.45, 2.75) is 39.0 Å². The third-order valence-electron chi connectivity index (χ3n) is 2.61. The predicted molar refractivity (Wildman–Crippen MR) is 50.2 cm³/mol. The number of hydrogen-bond acceptors (Lipinski definition) is 3. The van der Waals surface area contributed by atoms with Gasteiger partial charge in [0.15, 0.2) is 0 Å². The Bertz CT molecular complexity index is 138. The molecule has 0 aromatic rings. The van der Waals surface area contributed by atoms with E-state index in [1.807, 2.05) is 0 Å². The van der Waals surface area contributed by atoms with Crippen molar-refractivity contribution in [3.63, 3.8) is 0 Å². The molecular formula is C9H20N2O. The molecule has 0 bridgehead atoms. The van der Waals surface area contributed by atoms with Crippen LogP contribution in [-0.2, 0) is 0 Å². The van der Waals surface area contributed by atoms with Crippen LogP contribution in [0.2, 0.25) is 0 Å². The number of nitrogens with one attached hydrogen (secondary N) is 1. The first-order chi connectivity index (χ1) is 5.66. The van der Waals surface area contributed by atoms with Gasteiger partial charge in [-0.2, -0.15) is 0 Å². The molecule has 2 atom stereocenters. The van der Waals surface area contributed by atoms with Gasteiger partial charge in [-0.05, 0) is 20.4 Å². The molecule has 0 aromatic carbocycles. The smallest absolute Gasteiger partial charge is 0.0831 e. The van der Waals surface area contributed by atoms with Crippen LogP contribution in [0, 0.1) is 0 Å². The van der Waals surface area contributed by atoms with Gasteiger partial charge in [0.1, 0.15) is 0 Å². The van der Waals surface area contributed by atoms with Crippen LogP contribution in [0.25, 0.3) is 0 Å². The van der Waals surface area contributed by atoms with Gasteiger partial charge in [0.25, 0.3) is 0 Å². The number of rotatable bonds is 3. The van der Waals surface area contributed by atoms with E-state index >= 15 is 0 Å².